The summed E-state index contributed by atoms with van der Waals surface area (Å²) in [7, 11) is 0. The van der Waals surface area contributed by atoms with Crippen LogP contribution >= 0.6 is 11.6 Å². The molecule has 9 heteroatoms. The summed E-state index contributed by atoms with van der Waals surface area (Å²) in [6.07, 6.45) is 2.18. The van der Waals surface area contributed by atoms with E-state index in [9.17, 15) is 14.5 Å². The normalized spacial score (nSPS) is 18.1. The van der Waals surface area contributed by atoms with Crippen LogP contribution in [0.2, 0.25) is 5.02 Å². The van der Waals surface area contributed by atoms with Gasteiger partial charge in [-0.3, -0.25) is 10.1 Å². The van der Waals surface area contributed by atoms with Crippen LogP contribution in [0.4, 0.5) is 21.6 Å². The lowest BCUT2D eigenvalue weighted by molar-refractivity contribution is -0.385. The highest BCUT2D eigenvalue weighted by Gasteiger charge is 2.26. The second kappa shape index (κ2) is 7.86. The molecule has 1 aromatic heterocycles. The quantitative estimate of drug-likeness (QED) is 0.366. The van der Waals surface area contributed by atoms with Gasteiger partial charge in [-0.15, -0.1) is 0 Å². The topological polar surface area (TPSA) is 93.0 Å². The first-order valence-corrected chi connectivity index (χ1v) is 9.62. The van der Waals surface area contributed by atoms with Gasteiger partial charge in [-0.2, -0.15) is 0 Å². The Morgan fingerprint density at radius 2 is 2.20 bits per heavy atom. The van der Waals surface area contributed by atoms with Gasteiger partial charge in [0.2, 0.25) is 0 Å². The van der Waals surface area contributed by atoms with Crippen LogP contribution in [0.5, 0.6) is 0 Å². The summed E-state index contributed by atoms with van der Waals surface area (Å²) in [5.41, 5.74) is 0.453. The number of rotatable bonds is 3. The molecule has 1 atom stereocenters. The molecule has 0 spiro atoms. The van der Waals surface area contributed by atoms with Gasteiger partial charge in [0.1, 0.15) is 17.7 Å². The number of nitro benzene ring substituents is 1. The summed E-state index contributed by atoms with van der Waals surface area (Å²) in [5.74, 6) is 5.72. The number of halogens is 2. The van der Waals surface area contributed by atoms with E-state index in [1.807, 2.05) is 6.92 Å². The van der Waals surface area contributed by atoms with Crippen LogP contribution in [0, 0.1) is 33.2 Å². The van der Waals surface area contributed by atoms with E-state index < -0.39 is 10.7 Å². The fraction of sp³-hybridized carbons (Fsp3) is 0.238. The van der Waals surface area contributed by atoms with E-state index in [0.717, 1.165) is 19.5 Å². The number of nitrogens with zero attached hydrogens (tertiary/aromatic N) is 3. The monoisotopic (exact) mass is 425 g/mol. The van der Waals surface area contributed by atoms with Crippen molar-refractivity contribution >= 4 is 39.7 Å². The van der Waals surface area contributed by atoms with Crippen LogP contribution < -0.4 is 10.6 Å². The third kappa shape index (κ3) is 3.90. The van der Waals surface area contributed by atoms with E-state index >= 15 is 0 Å². The van der Waals surface area contributed by atoms with Crippen molar-refractivity contribution in [3.8, 4) is 11.8 Å². The average Bonchev–Trinajstić information content (AvgIpc) is 3.16. The third-order valence-corrected chi connectivity index (χ3v) is 5.31. The van der Waals surface area contributed by atoms with Crippen molar-refractivity contribution < 1.29 is 9.31 Å². The number of fused-ring (bicyclic) bond motifs is 1. The highest BCUT2D eigenvalue weighted by Crippen LogP contribution is 2.32. The maximum atomic E-state index is 14.3. The maximum Gasteiger partial charge on any atom is 0.285 e. The number of nitrogens with one attached hydrogen (secondary N) is 2. The Hall–Kier alpha value is -3.28. The van der Waals surface area contributed by atoms with Crippen molar-refractivity contribution in [3.05, 3.63) is 63.2 Å². The van der Waals surface area contributed by atoms with Gasteiger partial charge < -0.3 is 10.6 Å². The number of nitro groups is 1. The Labute approximate surface area is 176 Å². The fourth-order valence-corrected chi connectivity index (χ4v) is 3.49. The summed E-state index contributed by atoms with van der Waals surface area (Å²) in [6.45, 7) is 3.63. The predicted octanol–water partition coefficient (Wildman–Crippen LogP) is 4.43. The summed E-state index contributed by atoms with van der Waals surface area (Å²) >= 11 is 5.83. The predicted molar refractivity (Wildman–Crippen MR) is 113 cm³/mol. The minimum atomic E-state index is -0.638. The maximum absolute atomic E-state index is 14.3. The van der Waals surface area contributed by atoms with Gasteiger partial charge in [0.15, 0.2) is 5.82 Å². The SMILES string of the molecule is CC1(C#Cc2cc3ncnc(Nc4cccc(Cl)c4F)c3cc2[N+](=O)[O-])CCNC1. The molecular formula is C21H17ClFN5O2. The molecule has 2 aromatic carbocycles. The number of benzene rings is 2. The van der Waals surface area contributed by atoms with Crippen LogP contribution in [0.1, 0.15) is 18.9 Å². The molecule has 1 aliphatic heterocycles. The van der Waals surface area contributed by atoms with Crippen LogP contribution in [-0.2, 0) is 0 Å². The van der Waals surface area contributed by atoms with Crippen molar-refractivity contribution in [1.29, 1.82) is 0 Å². The minimum absolute atomic E-state index is 0.0446. The van der Waals surface area contributed by atoms with Crippen molar-refractivity contribution in [2.45, 2.75) is 13.3 Å². The van der Waals surface area contributed by atoms with E-state index in [-0.39, 0.29) is 33.2 Å². The van der Waals surface area contributed by atoms with Crippen molar-refractivity contribution in [2.24, 2.45) is 5.41 Å². The van der Waals surface area contributed by atoms with Crippen molar-refractivity contribution in [2.75, 3.05) is 18.4 Å². The Morgan fingerprint density at radius 1 is 1.37 bits per heavy atom. The van der Waals surface area contributed by atoms with Crippen LogP contribution in [-0.4, -0.2) is 28.0 Å². The van der Waals surface area contributed by atoms with Crippen molar-refractivity contribution in [3.63, 3.8) is 0 Å². The van der Waals surface area contributed by atoms with E-state index in [1.165, 1.54) is 24.5 Å². The Kier molecular flexibility index (Phi) is 5.24. The van der Waals surface area contributed by atoms with Crippen molar-refractivity contribution in [1.82, 2.24) is 15.3 Å². The highest BCUT2D eigenvalue weighted by atomic mass is 35.5. The zero-order chi connectivity index (χ0) is 21.3. The van der Waals surface area contributed by atoms with Gasteiger partial charge in [-0.25, -0.2) is 14.4 Å². The number of aromatic nitrogens is 2. The summed E-state index contributed by atoms with van der Waals surface area (Å²) in [5, 5.41) is 18.1. The number of hydrogen-bond donors (Lipinski definition) is 2. The molecule has 30 heavy (non-hydrogen) atoms. The molecular weight excluding hydrogens is 409 g/mol. The molecule has 152 valence electrons. The van der Waals surface area contributed by atoms with Crippen LogP contribution in [0.3, 0.4) is 0 Å². The molecule has 0 aliphatic carbocycles. The molecule has 0 amide bonds. The minimum Gasteiger partial charge on any atom is -0.337 e. The van der Waals surface area contributed by atoms with E-state index in [0.29, 0.717) is 10.9 Å². The Balaban J connectivity index is 1.80. The molecule has 0 radical (unpaired) electrons. The molecule has 1 fully saturated rings. The molecule has 1 unspecified atom stereocenters. The number of hydrogen-bond acceptors (Lipinski definition) is 6. The van der Waals surface area contributed by atoms with E-state index in [2.05, 4.69) is 32.4 Å². The van der Waals surface area contributed by atoms with Gasteiger partial charge in [0.25, 0.3) is 5.69 Å². The zero-order valence-electron chi connectivity index (χ0n) is 16.0. The molecule has 2 N–H and O–H groups in total. The van der Waals surface area contributed by atoms with Gasteiger partial charge >= 0.3 is 0 Å². The summed E-state index contributed by atoms with van der Waals surface area (Å²) < 4.78 is 14.3. The lowest BCUT2D eigenvalue weighted by atomic mass is 9.90. The van der Waals surface area contributed by atoms with Crippen LogP contribution in [0.15, 0.2) is 36.7 Å². The van der Waals surface area contributed by atoms with Gasteiger partial charge in [0, 0.05) is 23.4 Å². The zero-order valence-corrected chi connectivity index (χ0v) is 16.8. The first kappa shape index (κ1) is 20.0. The molecule has 1 aliphatic rings. The fourth-order valence-electron chi connectivity index (χ4n) is 3.31. The average molecular weight is 426 g/mol. The van der Waals surface area contributed by atoms with Gasteiger partial charge in [-0.1, -0.05) is 29.5 Å². The first-order chi connectivity index (χ1) is 14.4. The summed E-state index contributed by atoms with van der Waals surface area (Å²) in [6, 6.07) is 7.44. The smallest absolute Gasteiger partial charge is 0.285 e. The van der Waals surface area contributed by atoms with Gasteiger partial charge in [-0.05, 0) is 38.1 Å². The first-order valence-electron chi connectivity index (χ1n) is 9.24. The molecule has 0 saturated carbocycles. The third-order valence-electron chi connectivity index (χ3n) is 5.02. The molecule has 1 saturated heterocycles. The highest BCUT2D eigenvalue weighted by molar-refractivity contribution is 6.31. The van der Waals surface area contributed by atoms with E-state index in [4.69, 9.17) is 11.6 Å². The Bertz CT molecular complexity index is 1220. The number of anilines is 2. The lowest BCUT2D eigenvalue weighted by Gasteiger charge is -2.13. The van der Waals surface area contributed by atoms with E-state index in [1.54, 1.807) is 12.1 Å². The molecule has 7 nitrogen and oxygen atoms in total. The lowest BCUT2D eigenvalue weighted by Crippen LogP contribution is -2.17. The molecule has 2 heterocycles. The second-order valence-electron chi connectivity index (χ2n) is 7.33. The standard InChI is InChI=1S/C21H17ClFN5O2/c1-21(7-8-24-11-21)6-5-13-9-17-14(10-18(13)28(29)30)20(26-12-25-17)27-16-4-2-3-15(22)19(16)23/h2-4,9-10,12,24H,7-8,11H2,1H3,(H,25,26,27). The molecule has 3 aromatic rings. The van der Waals surface area contributed by atoms with Gasteiger partial charge in [0.05, 0.1) is 21.2 Å². The van der Waals surface area contributed by atoms with Crippen LogP contribution in [0.25, 0.3) is 10.9 Å². The largest absolute Gasteiger partial charge is 0.337 e. The summed E-state index contributed by atoms with van der Waals surface area (Å²) in [4.78, 5) is 19.5. The molecule has 0 bridgehead atoms. The molecule has 4 rings (SSSR count). The Morgan fingerprint density at radius 3 is 2.93 bits per heavy atom. The second-order valence-corrected chi connectivity index (χ2v) is 7.74.